The Balaban J connectivity index is 1.60. The van der Waals surface area contributed by atoms with E-state index in [4.69, 9.17) is 0 Å². The molecule has 19 heavy (non-hydrogen) atoms. The van der Waals surface area contributed by atoms with Crippen LogP contribution in [0.2, 0.25) is 0 Å². The van der Waals surface area contributed by atoms with E-state index < -0.39 is 0 Å². The number of hydrogen-bond acceptors (Lipinski definition) is 2. The summed E-state index contributed by atoms with van der Waals surface area (Å²) in [5, 5.41) is 3.35. The van der Waals surface area contributed by atoms with Crippen LogP contribution in [0.15, 0.2) is 30.5 Å². The van der Waals surface area contributed by atoms with E-state index in [9.17, 15) is 4.39 Å². The SMILES string of the molecule is Cc1cn(C2CC2)c(NCCc2cccc(F)c2)n1. The maximum absolute atomic E-state index is 13.1. The molecule has 0 spiro atoms. The monoisotopic (exact) mass is 259 g/mol. The van der Waals surface area contributed by atoms with Gasteiger partial charge in [-0.1, -0.05) is 12.1 Å². The molecule has 3 rings (SSSR count). The number of aromatic nitrogens is 2. The lowest BCUT2D eigenvalue weighted by Gasteiger charge is -2.08. The molecule has 0 saturated heterocycles. The van der Waals surface area contributed by atoms with Crippen LogP contribution in [0.3, 0.4) is 0 Å². The largest absolute Gasteiger partial charge is 0.355 e. The summed E-state index contributed by atoms with van der Waals surface area (Å²) in [5.74, 6) is 0.768. The average Bonchev–Trinajstić information content (AvgIpc) is 3.14. The molecule has 1 heterocycles. The van der Waals surface area contributed by atoms with Crippen molar-refractivity contribution in [3.8, 4) is 0 Å². The highest BCUT2D eigenvalue weighted by atomic mass is 19.1. The number of benzene rings is 1. The Kier molecular flexibility index (Phi) is 3.23. The second-order valence-electron chi connectivity index (χ2n) is 5.15. The van der Waals surface area contributed by atoms with Crippen LogP contribution in [0.25, 0.3) is 0 Å². The fraction of sp³-hybridized carbons (Fsp3) is 0.400. The third kappa shape index (κ3) is 2.95. The van der Waals surface area contributed by atoms with Gasteiger partial charge in [-0.25, -0.2) is 9.37 Å². The zero-order valence-corrected chi connectivity index (χ0v) is 11.1. The highest BCUT2D eigenvalue weighted by molar-refractivity contribution is 5.31. The first kappa shape index (κ1) is 12.2. The lowest BCUT2D eigenvalue weighted by Crippen LogP contribution is -2.10. The van der Waals surface area contributed by atoms with Crippen LogP contribution in [0.4, 0.5) is 10.3 Å². The Bertz CT molecular complexity index is 573. The minimum Gasteiger partial charge on any atom is -0.355 e. The Morgan fingerprint density at radius 3 is 3.00 bits per heavy atom. The Morgan fingerprint density at radius 2 is 2.26 bits per heavy atom. The van der Waals surface area contributed by atoms with Crippen molar-refractivity contribution in [3.63, 3.8) is 0 Å². The van der Waals surface area contributed by atoms with Crippen molar-refractivity contribution in [1.29, 1.82) is 0 Å². The summed E-state index contributed by atoms with van der Waals surface area (Å²) in [6, 6.07) is 7.38. The predicted octanol–water partition coefficient (Wildman–Crippen LogP) is 3.32. The number of halogens is 1. The molecular formula is C15H18FN3. The smallest absolute Gasteiger partial charge is 0.203 e. The Labute approximate surface area is 112 Å². The van der Waals surface area contributed by atoms with Crippen LogP contribution >= 0.6 is 0 Å². The lowest BCUT2D eigenvalue weighted by atomic mass is 10.1. The third-order valence-electron chi connectivity index (χ3n) is 3.38. The summed E-state index contributed by atoms with van der Waals surface area (Å²) < 4.78 is 15.3. The maximum Gasteiger partial charge on any atom is 0.203 e. The van der Waals surface area contributed by atoms with E-state index >= 15 is 0 Å². The number of nitrogens with one attached hydrogen (secondary N) is 1. The number of nitrogens with zero attached hydrogens (tertiary/aromatic N) is 2. The minimum absolute atomic E-state index is 0.173. The van der Waals surface area contributed by atoms with Gasteiger partial charge in [0.15, 0.2) is 0 Å². The minimum atomic E-state index is -0.173. The molecule has 0 atom stereocenters. The summed E-state index contributed by atoms with van der Waals surface area (Å²) in [4.78, 5) is 4.50. The summed E-state index contributed by atoms with van der Waals surface area (Å²) in [6.07, 6.45) is 5.39. The van der Waals surface area contributed by atoms with Gasteiger partial charge in [-0.05, 0) is 43.9 Å². The quantitative estimate of drug-likeness (QED) is 0.892. The predicted molar refractivity (Wildman–Crippen MR) is 73.8 cm³/mol. The molecule has 1 N–H and O–H groups in total. The average molecular weight is 259 g/mol. The van der Waals surface area contributed by atoms with E-state index in [1.807, 2.05) is 13.0 Å². The topological polar surface area (TPSA) is 29.9 Å². The lowest BCUT2D eigenvalue weighted by molar-refractivity contribution is 0.625. The van der Waals surface area contributed by atoms with Gasteiger partial charge in [-0.2, -0.15) is 0 Å². The second-order valence-corrected chi connectivity index (χ2v) is 5.15. The number of imidazole rings is 1. The number of rotatable bonds is 5. The van der Waals surface area contributed by atoms with E-state index in [1.54, 1.807) is 12.1 Å². The van der Waals surface area contributed by atoms with Crippen LogP contribution in [-0.2, 0) is 6.42 Å². The standard InChI is InChI=1S/C15H18FN3/c1-11-10-19(14-5-6-14)15(18-11)17-8-7-12-3-2-4-13(16)9-12/h2-4,9-10,14H,5-8H2,1H3,(H,17,18). The van der Waals surface area contributed by atoms with Crippen LogP contribution < -0.4 is 5.32 Å². The number of anilines is 1. The van der Waals surface area contributed by atoms with Crippen LogP contribution in [0, 0.1) is 12.7 Å². The van der Waals surface area contributed by atoms with Crippen molar-refractivity contribution < 1.29 is 4.39 Å². The molecule has 2 aromatic rings. The first-order valence-electron chi connectivity index (χ1n) is 6.76. The molecule has 1 aliphatic carbocycles. The van der Waals surface area contributed by atoms with E-state index in [1.165, 1.54) is 18.9 Å². The van der Waals surface area contributed by atoms with Gasteiger partial charge in [0.2, 0.25) is 5.95 Å². The van der Waals surface area contributed by atoms with Crippen molar-refractivity contribution >= 4 is 5.95 Å². The molecule has 0 amide bonds. The molecule has 1 saturated carbocycles. The van der Waals surface area contributed by atoms with Gasteiger partial charge in [0.25, 0.3) is 0 Å². The molecule has 1 aromatic heterocycles. The van der Waals surface area contributed by atoms with Crippen molar-refractivity contribution in [2.75, 3.05) is 11.9 Å². The maximum atomic E-state index is 13.1. The first-order chi connectivity index (χ1) is 9.22. The summed E-state index contributed by atoms with van der Waals surface area (Å²) >= 11 is 0. The van der Waals surface area contributed by atoms with E-state index in [0.29, 0.717) is 6.04 Å². The molecule has 1 fully saturated rings. The molecule has 4 heteroatoms. The fourth-order valence-corrected chi connectivity index (χ4v) is 2.29. The van der Waals surface area contributed by atoms with E-state index in [-0.39, 0.29) is 5.82 Å². The second kappa shape index (κ2) is 5.03. The van der Waals surface area contributed by atoms with Crippen molar-refractivity contribution in [1.82, 2.24) is 9.55 Å². The summed E-state index contributed by atoms with van der Waals surface area (Å²) in [7, 11) is 0. The van der Waals surface area contributed by atoms with Gasteiger partial charge in [0, 0.05) is 18.8 Å². The highest BCUT2D eigenvalue weighted by Crippen LogP contribution is 2.37. The van der Waals surface area contributed by atoms with Crippen molar-refractivity contribution in [3.05, 3.63) is 47.5 Å². The van der Waals surface area contributed by atoms with Crippen LogP contribution in [0.5, 0.6) is 0 Å². The molecule has 0 unspecified atom stereocenters. The Morgan fingerprint density at radius 1 is 1.42 bits per heavy atom. The molecular weight excluding hydrogens is 241 g/mol. The van der Waals surface area contributed by atoms with Crippen molar-refractivity contribution in [2.45, 2.75) is 32.2 Å². The summed E-state index contributed by atoms with van der Waals surface area (Å²) in [5.41, 5.74) is 2.05. The van der Waals surface area contributed by atoms with Crippen molar-refractivity contribution in [2.24, 2.45) is 0 Å². The van der Waals surface area contributed by atoms with Gasteiger partial charge in [0.1, 0.15) is 5.82 Å². The zero-order valence-electron chi connectivity index (χ0n) is 11.1. The van der Waals surface area contributed by atoms with E-state index in [2.05, 4.69) is 21.1 Å². The normalized spacial score (nSPS) is 14.6. The molecule has 1 aliphatic rings. The molecule has 0 bridgehead atoms. The van der Waals surface area contributed by atoms with E-state index in [0.717, 1.165) is 30.2 Å². The van der Waals surface area contributed by atoms with Crippen LogP contribution in [-0.4, -0.2) is 16.1 Å². The van der Waals surface area contributed by atoms with Crippen LogP contribution in [0.1, 0.15) is 30.1 Å². The zero-order chi connectivity index (χ0) is 13.2. The molecule has 3 nitrogen and oxygen atoms in total. The third-order valence-corrected chi connectivity index (χ3v) is 3.38. The molecule has 1 aromatic carbocycles. The fourth-order valence-electron chi connectivity index (χ4n) is 2.29. The van der Waals surface area contributed by atoms with Gasteiger partial charge >= 0.3 is 0 Å². The number of hydrogen-bond donors (Lipinski definition) is 1. The first-order valence-corrected chi connectivity index (χ1v) is 6.76. The molecule has 100 valence electrons. The van der Waals surface area contributed by atoms with Gasteiger partial charge in [-0.3, -0.25) is 0 Å². The van der Waals surface area contributed by atoms with Gasteiger partial charge in [0.05, 0.1) is 5.69 Å². The highest BCUT2D eigenvalue weighted by Gasteiger charge is 2.25. The van der Waals surface area contributed by atoms with Gasteiger partial charge in [-0.15, -0.1) is 0 Å². The Hall–Kier alpha value is -1.84. The van der Waals surface area contributed by atoms with Gasteiger partial charge < -0.3 is 9.88 Å². The summed E-state index contributed by atoms with van der Waals surface area (Å²) in [6.45, 7) is 2.78. The number of aryl methyl sites for hydroxylation is 1. The molecule has 0 radical (unpaired) electrons. The molecule has 0 aliphatic heterocycles.